The molecule has 2 aromatic rings. The summed E-state index contributed by atoms with van der Waals surface area (Å²) in [7, 11) is 1.87. The molecule has 1 aliphatic heterocycles. The summed E-state index contributed by atoms with van der Waals surface area (Å²) in [6.07, 6.45) is 0.921. The number of halogens is 1. The lowest BCUT2D eigenvalue weighted by molar-refractivity contribution is 0.357. The topological polar surface area (TPSA) is 38.5 Å². The molecule has 0 saturated heterocycles. The average Bonchev–Trinajstić information content (AvgIpc) is 2.96. The van der Waals surface area contributed by atoms with Crippen LogP contribution in [0.15, 0.2) is 42.5 Å². The van der Waals surface area contributed by atoms with E-state index < -0.39 is 0 Å². The summed E-state index contributed by atoms with van der Waals surface area (Å²) in [6, 6.07) is 12.8. The molecule has 0 amide bonds. The number of fused-ring (bicyclic) bond motifs is 1. The highest BCUT2D eigenvalue weighted by Crippen LogP contribution is 2.32. The van der Waals surface area contributed by atoms with Gasteiger partial charge in [-0.2, -0.15) is 0 Å². The molecule has 0 fully saturated rings. The first kappa shape index (κ1) is 13.9. The summed E-state index contributed by atoms with van der Waals surface area (Å²) in [5.41, 5.74) is 8.79. The highest BCUT2D eigenvalue weighted by Gasteiger charge is 2.21. The second-order valence-corrected chi connectivity index (χ2v) is 5.28. The third-order valence-electron chi connectivity index (χ3n) is 4.02. The van der Waals surface area contributed by atoms with Crippen LogP contribution < -0.4 is 15.4 Å². The number of hydrogen-bond acceptors (Lipinski definition) is 3. The van der Waals surface area contributed by atoms with Crippen molar-refractivity contribution in [2.24, 2.45) is 5.73 Å². The number of anilines is 1. The lowest BCUT2D eigenvalue weighted by atomic mass is 10.0. The fraction of sp³-hybridized carbons (Fsp3) is 0.294. The highest BCUT2D eigenvalue weighted by atomic mass is 19.1. The number of nitrogens with zero attached hydrogens (tertiary/aromatic N) is 1. The number of benzene rings is 2. The Balaban J connectivity index is 1.93. The van der Waals surface area contributed by atoms with Gasteiger partial charge in [0.15, 0.2) is 0 Å². The third-order valence-corrected chi connectivity index (χ3v) is 4.02. The summed E-state index contributed by atoms with van der Waals surface area (Å²) in [6.45, 7) is 1.15. The molecule has 3 rings (SSSR count). The quantitative estimate of drug-likeness (QED) is 0.939. The standard InChI is InChI=1S/C17H19FN2O/c1-20(15-5-3-2-4-14(15)18)16(11-19)12-6-7-17-13(10-12)8-9-21-17/h2-7,10,16H,8-9,11,19H2,1H3. The summed E-state index contributed by atoms with van der Waals surface area (Å²) in [4.78, 5) is 1.90. The van der Waals surface area contributed by atoms with Crippen LogP contribution in [0, 0.1) is 5.82 Å². The minimum Gasteiger partial charge on any atom is -0.493 e. The largest absolute Gasteiger partial charge is 0.493 e. The maximum absolute atomic E-state index is 14.0. The van der Waals surface area contributed by atoms with E-state index in [1.165, 1.54) is 11.6 Å². The fourth-order valence-corrected chi connectivity index (χ4v) is 2.84. The Kier molecular flexibility index (Phi) is 3.80. The number of rotatable bonds is 4. The Bertz CT molecular complexity index is 644. The minimum atomic E-state index is -0.233. The fourth-order valence-electron chi connectivity index (χ4n) is 2.84. The molecular formula is C17H19FN2O. The lowest BCUT2D eigenvalue weighted by Gasteiger charge is -2.30. The molecule has 1 atom stereocenters. The molecular weight excluding hydrogens is 267 g/mol. The Morgan fingerprint density at radius 2 is 2.10 bits per heavy atom. The average molecular weight is 286 g/mol. The molecule has 0 spiro atoms. The van der Waals surface area contributed by atoms with Gasteiger partial charge in [0.25, 0.3) is 0 Å². The molecule has 0 saturated carbocycles. The van der Waals surface area contributed by atoms with Crippen LogP contribution in [-0.4, -0.2) is 20.2 Å². The first-order valence-corrected chi connectivity index (χ1v) is 7.13. The summed E-state index contributed by atoms with van der Waals surface area (Å²) in [5.74, 6) is 0.714. The number of hydrogen-bond donors (Lipinski definition) is 1. The summed E-state index contributed by atoms with van der Waals surface area (Å²) in [5, 5.41) is 0. The van der Waals surface area contributed by atoms with E-state index in [1.807, 2.05) is 30.1 Å². The maximum atomic E-state index is 14.0. The van der Waals surface area contributed by atoms with Crippen LogP contribution in [0.25, 0.3) is 0 Å². The molecule has 1 heterocycles. The van der Waals surface area contributed by atoms with E-state index in [4.69, 9.17) is 10.5 Å². The van der Waals surface area contributed by atoms with E-state index in [-0.39, 0.29) is 11.9 Å². The van der Waals surface area contributed by atoms with E-state index in [0.29, 0.717) is 12.2 Å². The molecule has 110 valence electrons. The van der Waals surface area contributed by atoms with Crippen molar-refractivity contribution in [2.75, 3.05) is 25.1 Å². The van der Waals surface area contributed by atoms with E-state index in [0.717, 1.165) is 24.3 Å². The molecule has 0 bridgehead atoms. The Morgan fingerprint density at radius 3 is 2.86 bits per heavy atom. The summed E-state index contributed by atoms with van der Waals surface area (Å²) < 4.78 is 19.5. The van der Waals surface area contributed by atoms with Gasteiger partial charge in [-0.25, -0.2) is 4.39 Å². The molecule has 4 heteroatoms. The van der Waals surface area contributed by atoms with Gasteiger partial charge in [-0.1, -0.05) is 18.2 Å². The van der Waals surface area contributed by atoms with Crippen molar-refractivity contribution in [3.05, 3.63) is 59.4 Å². The zero-order valence-electron chi connectivity index (χ0n) is 12.1. The van der Waals surface area contributed by atoms with Crippen molar-refractivity contribution in [1.29, 1.82) is 0 Å². The van der Waals surface area contributed by atoms with Crippen molar-refractivity contribution >= 4 is 5.69 Å². The number of nitrogens with two attached hydrogens (primary N) is 1. The monoisotopic (exact) mass is 286 g/mol. The highest BCUT2D eigenvalue weighted by molar-refractivity contribution is 5.51. The Morgan fingerprint density at radius 1 is 1.29 bits per heavy atom. The van der Waals surface area contributed by atoms with Crippen molar-refractivity contribution in [1.82, 2.24) is 0 Å². The molecule has 21 heavy (non-hydrogen) atoms. The predicted octanol–water partition coefficient (Wildman–Crippen LogP) is 2.90. The van der Waals surface area contributed by atoms with Crippen molar-refractivity contribution in [3.63, 3.8) is 0 Å². The van der Waals surface area contributed by atoms with E-state index >= 15 is 0 Å². The van der Waals surface area contributed by atoms with Crippen LogP contribution in [0.5, 0.6) is 5.75 Å². The molecule has 1 aliphatic rings. The van der Waals surface area contributed by atoms with E-state index in [1.54, 1.807) is 12.1 Å². The Hall–Kier alpha value is -2.07. The van der Waals surface area contributed by atoms with Gasteiger partial charge in [-0.15, -0.1) is 0 Å². The van der Waals surface area contributed by atoms with Gasteiger partial charge >= 0.3 is 0 Å². The van der Waals surface area contributed by atoms with Gasteiger partial charge in [0.2, 0.25) is 0 Å². The first-order chi connectivity index (χ1) is 10.2. The van der Waals surface area contributed by atoms with Gasteiger partial charge in [-0.05, 0) is 35.4 Å². The van der Waals surface area contributed by atoms with Crippen LogP contribution >= 0.6 is 0 Å². The van der Waals surface area contributed by atoms with Gasteiger partial charge in [-0.3, -0.25) is 0 Å². The molecule has 2 N–H and O–H groups in total. The van der Waals surface area contributed by atoms with Crippen LogP contribution in [0.4, 0.5) is 10.1 Å². The van der Waals surface area contributed by atoms with Crippen LogP contribution in [-0.2, 0) is 6.42 Å². The van der Waals surface area contributed by atoms with Crippen LogP contribution in [0.3, 0.4) is 0 Å². The zero-order chi connectivity index (χ0) is 14.8. The zero-order valence-corrected chi connectivity index (χ0v) is 12.1. The van der Waals surface area contributed by atoms with Crippen molar-refractivity contribution < 1.29 is 9.13 Å². The van der Waals surface area contributed by atoms with E-state index in [2.05, 4.69) is 6.07 Å². The minimum absolute atomic E-state index is 0.0622. The molecule has 0 radical (unpaired) electrons. The lowest BCUT2D eigenvalue weighted by Crippen LogP contribution is -2.31. The van der Waals surface area contributed by atoms with Crippen LogP contribution in [0.2, 0.25) is 0 Å². The van der Waals surface area contributed by atoms with E-state index in [9.17, 15) is 4.39 Å². The van der Waals surface area contributed by atoms with Gasteiger partial charge in [0, 0.05) is 20.0 Å². The van der Waals surface area contributed by atoms with Gasteiger partial charge in [0.1, 0.15) is 11.6 Å². The number of ether oxygens (including phenoxy) is 1. The van der Waals surface area contributed by atoms with Crippen molar-refractivity contribution in [3.8, 4) is 5.75 Å². The van der Waals surface area contributed by atoms with Crippen LogP contribution in [0.1, 0.15) is 17.2 Å². The second kappa shape index (κ2) is 5.74. The summed E-state index contributed by atoms with van der Waals surface area (Å²) >= 11 is 0. The third kappa shape index (κ3) is 2.59. The molecule has 0 aromatic heterocycles. The molecule has 1 unspecified atom stereocenters. The Labute approximate surface area is 124 Å². The molecule has 0 aliphatic carbocycles. The first-order valence-electron chi connectivity index (χ1n) is 7.13. The molecule has 2 aromatic carbocycles. The maximum Gasteiger partial charge on any atom is 0.146 e. The van der Waals surface area contributed by atoms with Gasteiger partial charge in [0.05, 0.1) is 18.3 Å². The number of para-hydroxylation sites is 1. The normalized spacial score (nSPS) is 14.4. The number of likely N-dealkylation sites (N-methyl/N-ethyl adjacent to an activating group) is 1. The smallest absolute Gasteiger partial charge is 0.146 e. The van der Waals surface area contributed by atoms with Crippen molar-refractivity contribution in [2.45, 2.75) is 12.5 Å². The SMILES string of the molecule is CN(c1ccccc1F)C(CN)c1ccc2c(c1)CCO2. The van der Waals surface area contributed by atoms with Gasteiger partial charge < -0.3 is 15.4 Å². The predicted molar refractivity (Wildman–Crippen MR) is 82.2 cm³/mol. The second-order valence-electron chi connectivity index (χ2n) is 5.28. The molecule has 3 nitrogen and oxygen atoms in total.